The maximum atomic E-state index is 14.6. The first kappa shape index (κ1) is 19.3. The Morgan fingerprint density at radius 3 is 2.63 bits per heavy atom. The number of halogens is 1. The molecule has 1 fully saturated rings. The molecule has 0 spiro atoms. The summed E-state index contributed by atoms with van der Waals surface area (Å²) in [5.74, 6) is -1.18. The average molecular weight is 375 g/mol. The molecule has 0 bridgehead atoms. The number of anilines is 1. The number of rotatable bonds is 6. The van der Waals surface area contributed by atoms with Gasteiger partial charge in [-0.15, -0.1) is 0 Å². The van der Waals surface area contributed by atoms with E-state index in [0.29, 0.717) is 43.1 Å². The molecule has 0 amide bonds. The Morgan fingerprint density at radius 1 is 1.19 bits per heavy atom. The number of esters is 1. The van der Waals surface area contributed by atoms with Gasteiger partial charge in [-0.25, -0.2) is 9.18 Å². The van der Waals surface area contributed by atoms with E-state index in [4.69, 9.17) is 14.6 Å². The van der Waals surface area contributed by atoms with Crippen molar-refractivity contribution in [3.63, 3.8) is 0 Å². The number of carbonyl (C=O) groups excluding carboxylic acids is 1. The monoisotopic (exact) mass is 375 g/mol. The minimum atomic E-state index is -1.55. The fourth-order valence-electron chi connectivity index (χ4n) is 2.91. The fraction of sp³-hybridized carbons (Fsp3) is 0.350. The third kappa shape index (κ3) is 4.82. The number of nitrogens with zero attached hydrogens (tertiary/aromatic N) is 1. The number of carbonyl (C=O) groups is 1. The topological polar surface area (TPSA) is 79.2 Å². The lowest BCUT2D eigenvalue weighted by atomic mass is 10.0. The number of hydrogen-bond donors (Lipinski definition) is 2. The van der Waals surface area contributed by atoms with Crippen LogP contribution in [-0.2, 0) is 20.9 Å². The summed E-state index contributed by atoms with van der Waals surface area (Å²) in [6.45, 7) is 1.78. The Kier molecular flexibility index (Phi) is 6.39. The second-order valence-electron chi connectivity index (χ2n) is 6.27. The number of morpholine rings is 1. The van der Waals surface area contributed by atoms with Gasteiger partial charge in [-0.05, 0) is 34.9 Å². The molecule has 0 radical (unpaired) electrons. The number of ether oxygens (including phenoxy) is 2. The van der Waals surface area contributed by atoms with Crippen LogP contribution in [0.3, 0.4) is 0 Å². The van der Waals surface area contributed by atoms with Crippen LogP contribution in [0.15, 0.2) is 42.5 Å². The van der Waals surface area contributed by atoms with Crippen LogP contribution in [0.1, 0.15) is 5.56 Å². The molecule has 2 aromatic carbocycles. The lowest BCUT2D eigenvalue weighted by Gasteiger charge is -2.29. The molecule has 1 aliphatic heterocycles. The van der Waals surface area contributed by atoms with Crippen molar-refractivity contribution in [3.05, 3.63) is 53.8 Å². The minimum absolute atomic E-state index is 0.0436. The van der Waals surface area contributed by atoms with Gasteiger partial charge in [-0.1, -0.05) is 24.3 Å². The first-order valence-corrected chi connectivity index (χ1v) is 8.75. The highest BCUT2D eigenvalue weighted by Gasteiger charge is 2.17. The van der Waals surface area contributed by atoms with Crippen LogP contribution < -0.4 is 4.90 Å². The molecule has 0 saturated carbocycles. The lowest BCUT2D eigenvalue weighted by molar-refractivity contribution is -0.156. The van der Waals surface area contributed by atoms with E-state index >= 15 is 0 Å². The minimum Gasteiger partial charge on any atom is -0.459 e. The van der Waals surface area contributed by atoms with Gasteiger partial charge in [-0.2, -0.15) is 0 Å². The zero-order chi connectivity index (χ0) is 19.2. The molecule has 27 heavy (non-hydrogen) atoms. The molecule has 1 saturated heterocycles. The van der Waals surface area contributed by atoms with Crippen molar-refractivity contribution in [1.29, 1.82) is 0 Å². The van der Waals surface area contributed by atoms with E-state index in [1.165, 1.54) is 6.07 Å². The van der Waals surface area contributed by atoms with Gasteiger partial charge in [0.1, 0.15) is 12.4 Å². The van der Waals surface area contributed by atoms with E-state index in [-0.39, 0.29) is 12.4 Å². The summed E-state index contributed by atoms with van der Waals surface area (Å²) in [6, 6.07) is 12.3. The van der Waals surface area contributed by atoms with Crippen LogP contribution in [0.25, 0.3) is 11.1 Å². The van der Waals surface area contributed by atoms with Crippen LogP contribution >= 0.6 is 0 Å². The standard InChI is InChI=1S/C20H22FNO5/c21-17-11-16(4-5-18(17)22-6-8-26-9-7-22)15-3-1-2-14(10-15)13-27-20(25)19(24)12-23/h1-5,10-11,19,23-24H,6-9,12-13H2. The van der Waals surface area contributed by atoms with E-state index in [0.717, 1.165) is 5.56 Å². The number of benzene rings is 2. The first-order chi connectivity index (χ1) is 13.1. The van der Waals surface area contributed by atoms with Gasteiger partial charge in [0.2, 0.25) is 0 Å². The van der Waals surface area contributed by atoms with Crippen LogP contribution in [-0.4, -0.2) is 55.2 Å². The van der Waals surface area contributed by atoms with Gasteiger partial charge in [-0.3, -0.25) is 0 Å². The molecule has 3 rings (SSSR count). The van der Waals surface area contributed by atoms with Crippen LogP contribution in [0.2, 0.25) is 0 Å². The molecule has 2 N–H and O–H groups in total. The number of aliphatic hydroxyl groups excluding tert-OH is 2. The third-order valence-electron chi connectivity index (χ3n) is 4.39. The van der Waals surface area contributed by atoms with Gasteiger partial charge in [0.25, 0.3) is 0 Å². The molecular formula is C20H22FNO5. The summed E-state index contributed by atoms with van der Waals surface area (Å²) in [6.07, 6.45) is -1.55. The molecule has 2 aromatic rings. The molecule has 0 aromatic heterocycles. The Morgan fingerprint density at radius 2 is 1.93 bits per heavy atom. The van der Waals surface area contributed by atoms with Gasteiger partial charge in [0.05, 0.1) is 25.5 Å². The van der Waals surface area contributed by atoms with Crippen molar-refractivity contribution in [2.75, 3.05) is 37.8 Å². The van der Waals surface area contributed by atoms with Crippen LogP contribution in [0, 0.1) is 5.82 Å². The van der Waals surface area contributed by atoms with Crippen LogP contribution in [0.4, 0.5) is 10.1 Å². The smallest absolute Gasteiger partial charge is 0.337 e. The molecule has 6 nitrogen and oxygen atoms in total. The van der Waals surface area contributed by atoms with Gasteiger partial charge in [0, 0.05) is 13.1 Å². The maximum absolute atomic E-state index is 14.6. The summed E-state index contributed by atoms with van der Waals surface area (Å²) in [5, 5.41) is 18.0. The van der Waals surface area contributed by atoms with Crippen molar-refractivity contribution >= 4 is 11.7 Å². The average Bonchev–Trinajstić information content (AvgIpc) is 2.72. The summed E-state index contributed by atoms with van der Waals surface area (Å²) in [4.78, 5) is 13.4. The SMILES string of the molecule is O=C(OCc1cccc(-c2ccc(N3CCOCC3)c(F)c2)c1)C(O)CO. The maximum Gasteiger partial charge on any atom is 0.337 e. The molecule has 1 heterocycles. The number of hydrogen-bond acceptors (Lipinski definition) is 6. The molecular weight excluding hydrogens is 353 g/mol. The molecule has 144 valence electrons. The normalized spacial score (nSPS) is 15.4. The summed E-state index contributed by atoms with van der Waals surface area (Å²) >= 11 is 0. The number of aliphatic hydroxyl groups is 2. The molecule has 1 atom stereocenters. The Balaban J connectivity index is 1.72. The van der Waals surface area contributed by atoms with Gasteiger partial charge >= 0.3 is 5.97 Å². The van der Waals surface area contributed by atoms with Crippen molar-refractivity contribution < 1.29 is 28.9 Å². The zero-order valence-corrected chi connectivity index (χ0v) is 14.8. The lowest BCUT2D eigenvalue weighted by Crippen LogP contribution is -2.36. The molecule has 0 aliphatic carbocycles. The van der Waals surface area contributed by atoms with Gasteiger partial charge in [0.15, 0.2) is 6.10 Å². The highest BCUT2D eigenvalue weighted by atomic mass is 19.1. The van der Waals surface area contributed by atoms with E-state index in [1.807, 2.05) is 17.0 Å². The highest BCUT2D eigenvalue weighted by Crippen LogP contribution is 2.27. The van der Waals surface area contributed by atoms with Crippen molar-refractivity contribution in [1.82, 2.24) is 0 Å². The van der Waals surface area contributed by atoms with Crippen LogP contribution in [0.5, 0.6) is 0 Å². The Bertz CT molecular complexity index is 792. The first-order valence-electron chi connectivity index (χ1n) is 8.75. The molecule has 1 aliphatic rings. The van der Waals surface area contributed by atoms with E-state index in [2.05, 4.69) is 0 Å². The predicted octanol–water partition coefficient (Wildman–Crippen LogP) is 1.73. The third-order valence-corrected chi connectivity index (χ3v) is 4.39. The Labute approximate surface area is 156 Å². The summed E-state index contributed by atoms with van der Waals surface area (Å²) in [5.41, 5.74) is 2.76. The fourth-order valence-corrected chi connectivity index (χ4v) is 2.91. The summed E-state index contributed by atoms with van der Waals surface area (Å²) in [7, 11) is 0. The zero-order valence-electron chi connectivity index (χ0n) is 14.8. The van der Waals surface area contributed by atoms with Crippen molar-refractivity contribution in [2.45, 2.75) is 12.7 Å². The second kappa shape index (κ2) is 8.94. The van der Waals surface area contributed by atoms with Gasteiger partial charge < -0.3 is 24.6 Å². The molecule has 1 unspecified atom stereocenters. The van der Waals surface area contributed by atoms with E-state index < -0.39 is 18.7 Å². The van der Waals surface area contributed by atoms with E-state index in [9.17, 15) is 14.3 Å². The second-order valence-corrected chi connectivity index (χ2v) is 6.27. The quantitative estimate of drug-likeness (QED) is 0.749. The summed E-state index contributed by atoms with van der Waals surface area (Å²) < 4.78 is 24.9. The molecule has 7 heteroatoms. The van der Waals surface area contributed by atoms with Crippen molar-refractivity contribution in [3.8, 4) is 11.1 Å². The highest BCUT2D eigenvalue weighted by molar-refractivity contribution is 5.74. The van der Waals surface area contributed by atoms with E-state index in [1.54, 1.807) is 24.3 Å². The van der Waals surface area contributed by atoms with Crippen molar-refractivity contribution in [2.24, 2.45) is 0 Å². The largest absolute Gasteiger partial charge is 0.459 e. The Hall–Kier alpha value is -2.48. The predicted molar refractivity (Wildman–Crippen MR) is 97.8 cm³/mol.